The summed E-state index contributed by atoms with van der Waals surface area (Å²) in [6.07, 6.45) is 3.61. The number of rotatable bonds is 5. The maximum atomic E-state index is 13.2. The summed E-state index contributed by atoms with van der Waals surface area (Å²) >= 11 is 5.90. The number of likely N-dealkylation sites (tertiary alicyclic amines) is 1. The number of hydrogen-bond donors (Lipinski definition) is 1. The van der Waals surface area contributed by atoms with Crippen molar-refractivity contribution in [1.82, 2.24) is 24.8 Å². The van der Waals surface area contributed by atoms with Crippen LogP contribution in [0.4, 0.5) is 0 Å². The molecule has 1 aliphatic rings. The number of pyridine rings is 1. The Morgan fingerprint density at radius 2 is 1.77 bits per heavy atom. The molecule has 3 heterocycles. The molecule has 162 valence electrons. The monoisotopic (exact) mass is 439 g/mol. The lowest BCUT2D eigenvalue weighted by molar-refractivity contribution is -0.135. The van der Waals surface area contributed by atoms with Gasteiger partial charge < -0.3 is 10.2 Å². The molecule has 1 atom stereocenters. The molecule has 3 aromatic rings. The topological polar surface area (TPSA) is 79.6 Å². The van der Waals surface area contributed by atoms with E-state index in [9.17, 15) is 9.59 Å². The normalized spacial score (nSPS) is 15.9. The first kappa shape index (κ1) is 21.3. The number of nitrogens with one attached hydrogen (secondary N) is 1. The summed E-state index contributed by atoms with van der Waals surface area (Å²) in [5.41, 5.74) is 1.32. The van der Waals surface area contributed by atoms with E-state index in [-0.39, 0.29) is 23.7 Å². The smallest absolute Gasteiger partial charge is 0.251 e. The Bertz CT molecular complexity index is 1070. The Hall–Kier alpha value is -2.93. The maximum absolute atomic E-state index is 13.2. The number of amides is 2. The highest BCUT2D eigenvalue weighted by Gasteiger charge is 2.32. The summed E-state index contributed by atoms with van der Waals surface area (Å²) in [7, 11) is 0. The third-order valence-corrected chi connectivity index (χ3v) is 6.09. The van der Waals surface area contributed by atoms with Gasteiger partial charge in [0.25, 0.3) is 5.91 Å². The SMILES string of the molecule is CC(C)C(NC(=O)c1ccc(Cl)cc1)C(=O)N1CCC(c2nnc3ccccn23)CC1. The average molecular weight is 440 g/mol. The van der Waals surface area contributed by atoms with E-state index in [1.165, 1.54) is 0 Å². The standard InChI is InChI=1S/C23H26ClN5O2/c1-15(2)20(25-22(30)17-6-8-18(24)9-7-17)23(31)28-13-10-16(11-14-28)21-27-26-19-5-3-4-12-29(19)21/h3-9,12,15-16,20H,10-11,13-14H2,1-2H3,(H,25,30). The molecule has 0 aliphatic carbocycles. The van der Waals surface area contributed by atoms with Crippen LogP contribution in [-0.4, -0.2) is 50.4 Å². The van der Waals surface area contributed by atoms with Gasteiger partial charge >= 0.3 is 0 Å². The molecule has 1 saturated heterocycles. The summed E-state index contributed by atoms with van der Waals surface area (Å²) in [5.74, 6) is 0.860. The van der Waals surface area contributed by atoms with Crippen molar-refractivity contribution in [2.45, 2.75) is 38.6 Å². The number of piperidine rings is 1. The van der Waals surface area contributed by atoms with Crippen molar-refractivity contribution in [2.75, 3.05) is 13.1 Å². The summed E-state index contributed by atoms with van der Waals surface area (Å²) in [4.78, 5) is 27.7. The minimum atomic E-state index is -0.575. The lowest BCUT2D eigenvalue weighted by Gasteiger charge is -2.35. The highest BCUT2D eigenvalue weighted by molar-refractivity contribution is 6.30. The molecule has 7 nitrogen and oxygen atoms in total. The van der Waals surface area contributed by atoms with Crippen molar-refractivity contribution in [1.29, 1.82) is 0 Å². The van der Waals surface area contributed by atoms with Gasteiger partial charge in [0.15, 0.2) is 5.65 Å². The lowest BCUT2D eigenvalue weighted by atomic mass is 9.94. The quantitative estimate of drug-likeness (QED) is 0.659. The van der Waals surface area contributed by atoms with Crippen molar-refractivity contribution in [3.05, 3.63) is 65.1 Å². The van der Waals surface area contributed by atoms with Gasteiger partial charge in [-0.2, -0.15) is 0 Å². The Kier molecular flexibility index (Phi) is 6.23. The van der Waals surface area contributed by atoms with Crippen molar-refractivity contribution >= 4 is 29.1 Å². The molecule has 1 unspecified atom stereocenters. The minimum Gasteiger partial charge on any atom is -0.341 e. The number of aromatic nitrogens is 3. The van der Waals surface area contributed by atoms with Crippen LogP contribution in [0.3, 0.4) is 0 Å². The molecule has 0 radical (unpaired) electrons. The molecule has 0 bridgehead atoms. The summed E-state index contributed by atoms with van der Waals surface area (Å²) < 4.78 is 2.02. The van der Waals surface area contributed by atoms with Gasteiger partial charge in [0, 0.05) is 35.8 Å². The van der Waals surface area contributed by atoms with Crippen LogP contribution in [0.1, 0.15) is 48.8 Å². The predicted molar refractivity (Wildman–Crippen MR) is 119 cm³/mol. The number of halogens is 1. The second kappa shape index (κ2) is 9.06. The van der Waals surface area contributed by atoms with E-state index < -0.39 is 6.04 Å². The molecular weight excluding hydrogens is 414 g/mol. The number of hydrogen-bond acceptors (Lipinski definition) is 4. The van der Waals surface area contributed by atoms with Crippen LogP contribution in [0, 0.1) is 5.92 Å². The van der Waals surface area contributed by atoms with E-state index in [1.807, 2.05) is 47.5 Å². The zero-order valence-corrected chi connectivity index (χ0v) is 18.4. The molecule has 2 amide bonds. The molecule has 1 aliphatic heterocycles. The van der Waals surface area contributed by atoms with Gasteiger partial charge in [-0.05, 0) is 55.2 Å². The Morgan fingerprint density at radius 1 is 1.06 bits per heavy atom. The van der Waals surface area contributed by atoms with E-state index in [0.717, 1.165) is 24.3 Å². The van der Waals surface area contributed by atoms with Crippen molar-refractivity contribution in [2.24, 2.45) is 5.92 Å². The first-order valence-electron chi connectivity index (χ1n) is 10.6. The Morgan fingerprint density at radius 3 is 2.45 bits per heavy atom. The second-order valence-electron chi connectivity index (χ2n) is 8.29. The van der Waals surface area contributed by atoms with Crippen LogP contribution in [0.2, 0.25) is 5.02 Å². The number of nitrogens with zero attached hydrogens (tertiary/aromatic N) is 4. The van der Waals surface area contributed by atoms with Crippen LogP contribution >= 0.6 is 11.6 Å². The fourth-order valence-corrected chi connectivity index (χ4v) is 4.16. The Balaban J connectivity index is 1.41. The van der Waals surface area contributed by atoms with Crippen LogP contribution in [0.5, 0.6) is 0 Å². The van der Waals surface area contributed by atoms with E-state index >= 15 is 0 Å². The molecule has 8 heteroatoms. The van der Waals surface area contributed by atoms with E-state index in [4.69, 9.17) is 11.6 Å². The zero-order chi connectivity index (χ0) is 22.0. The molecule has 1 fully saturated rings. The highest BCUT2D eigenvalue weighted by atomic mass is 35.5. The van der Waals surface area contributed by atoms with Crippen molar-refractivity contribution in [3.8, 4) is 0 Å². The van der Waals surface area contributed by atoms with Gasteiger partial charge in [-0.3, -0.25) is 14.0 Å². The second-order valence-corrected chi connectivity index (χ2v) is 8.73. The largest absolute Gasteiger partial charge is 0.341 e. The van der Waals surface area contributed by atoms with Gasteiger partial charge in [-0.1, -0.05) is 31.5 Å². The fraction of sp³-hybridized carbons (Fsp3) is 0.391. The Labute approximate surface area is 186 Å². The highest BCUT2D eigenvalue weighted by Crippen LogP contribution is 2.27. The molecule has 2 aromatic heterocycles. The molecule has 1 aromatic carbocycles. The first-order chi connectivity index (χ1) is 14.9. The molecule has 0 saturated carbocycles. The third kappa shape index (κ3) is 4.56. The summed E-state index contributed by atoms with van der Waals surface area (Å²) in [6, 6.07) is 11.9. The summed E-state index contributed by atoms with van der Waals surface area (Å²) in [6.45, 7) is 5.15. The van der Waals surface area contributed by atoms with E-state index in [2.05, 4.69) is 15.5 Å². The molecule has 0 spiro atoms. The lowest BCUT2D eigenvalue weighted by Crippen LogP contribution is -2.52. The number of carbonyl (C=O) groups is 2. The van der Waals surface area contributed by atoms with Gasteiger partial charge in [0.1, 0.15) is 11.9 Å². The zero-order valence-electron chi connectivity index (χ0n) is 17.7. The fourth-order valence-electron chi connectivity index (χ4n) is 4.03. The molecule has 1 N–H and O–H groups in total. The molecular formula is C23H26ClN5O2. The van der Waals surface area contributed by atoms with Crippen LogP contribution in [-0.2, 0) is 4.79 Å². The summed E-state index contributed by atoms with van der Waals surface area (Å²) in [5, 5.41) is 12.1. The average Bonchev–Trinajstić information content (AvgIpc) is 3.21. The van der Waals surface area contributed by atoms with Gasteiger partial charge in [0.2, 0.25) is 5.91 Å². The van der Waals surface area contributed by atoms with Crippen molar-refractivity contribution in [3.63, 3.8) is 0 Å². The van der Waals surface area contributed by atoms with Crippen LogP contribution < -0.4 is 5.32 Å². The minimum absolute atomic E-state index is 0.0260. The molecule has 31 heavy (non-hydrogen) atoms. The number of benzene rings is 1. The number of carbonyl (C=O) groups excluding carboxylic acids is 2. The van der Waals surface area contributed by atoms with E-state index in [0.29, 0.717) is 23.7 Å². The van der Waals surface area contributed by atoms with Gasteiger partial charge in [0.05, 0.1) is 0 Å². The van der Waals surface area contributed by atoms with Crippen LogP contribution in [0.25, 0.3) is 5.65 Å². The van der Waals surface area contributed by atoms with Crippen LogP contribution in [0.15, 0.2) is 48.7 Å². The van der Waals surface area contributed by atoms with E-state index in [1.54, 1.807) is 24.3 Å². The van der Waals surface area contributed by atoms with Crippen molar-refractivity contribution < 1.29 is 9.59 Å². The third-order valence-electron chi connectivity index (χ3n) is 5.84. The maximum Gasteiger partial charge on any atom is 0.251 e. The predicted octanol–water partition coefficient (Wildman–Crippen LogP) is 3.54. The first-order valence-corrected chi connectivity index (χ1v) is 11.0. The van der Waals surface area contributed by atoms with Gasteiger partial charge in [-0.25, -0.2) is 0 Å². The van der Waals surface area contributed by atoms with Gasteiger partial charge in [-0.15, -0.1) is 10.2 Å². The number of fused-ring (bicyclic) bond motifs is 1. The molecule has 4 rings (SSSR count).